The van der Waals surface area contributed by atoms with Crippen LogP contribution in [-0.4, -0.2) is 17.5 Å². The smallest absolute Gasteiger partial charge is 0.191 e. The van der Waals surface area contributed by atoms with Gasteiger partial charge in [0.05, 0.1) is 13.1 Å². The van der Waals surface area contributed by atoms with E-state index in [2.05, 4.69) is 34.5 Å². The molecule has 21 heavy (non-hydrogen) atoms. The number of aryl methyl sites for hydroxylation is 3. The molecule has 0 fully saturated rings. The van der Waals surface area contributed by atoms with Crippen molar-refractivity contribution in [3.63, 3.8) is 0 Å². The molecule has 5 nitrogen and oxygen atoms in total. The first-order valence-corrected chi connectivity index (χ1v) is 7.89. The van der Waals surface area contributed by atoms with Crippen molar-refractivity contribution in [1.82, 2.24) is 15.6 Å². The van der Waals surface area contributed by atoms with E-state index in [1.807, 2.05) is 26.1 Å². The number of rotatable bonds is 5. The molecule has 114 valence electrons. The van der Waals surface area contributed by atoms with Crippen LogP contribution in [0.4, 0.5) is 0 Å². The molecule has 2 rings (SSSR count). The normalized spacial score (nSPS) is 11.7. The van der Waals surface area contributed by atoms with Crippen LogP contribution in [0.15, 0.2) is 21.7 Å². The topological polar surface area (TPSA) is 62.5 Å². The zero-order valence-corrected chi connectivity index (χ0v) is 13.8. The van der Waals surface area contributed by atoms with Crippen LogP contribution >= 0.6 is 11.3 Å². The summed E-state index contributed by atoms with van der Waals surface area (Å²) in [5.41, 5.74) is 1.12. The zero-order valence-electron chi connectivity index (χ0n) is 13.0. The van der Waals surface area contributed by atoms with E-state index in [-0.39, 0.29) is 0 Å². The summed E-state index contributed by atoms with van der Waals surface area (Å²) in [6, 6.07) is 2.03. The Labute approximate surface area is 129 Å². The van der Waals surface area contributed by atoms with Gasteiger partial charge in [0.15, 0.2) is 5.96 Å². The third-order valence-electron chi connectivity index (χ3n) is 2.97. The lowest BCUT2D eigenvalue weighted by atomic mass is 10.2. The third-order valence-corrected chi connectivity index (χ3v) is 3.88. The number of nitrogens with zero attached hydrogens (tertiary/aromatic N) is 2. The van der Waals surface area contributed by atoms with Gasteiger partial charge < -0.3 is 15.1 Å². The fraction of sp³-hybridized carbons (Fsp3) is 0.467. The van der Waals surface area contributed by atoms with E-state index in [9.17, 15) is 0 Å². The maximum absolute atomic E-state index is 5.52. The van der Waals surface area contributed by atoms with Crippen molar-refractivity contribution in [3.05, 3.63) is 39.2 Å². The van der Waals surface area contributed by atoms with Crippen LogP contribution in [0.3, 0.4) is 0 Å². The molecule has 0 radical (unpaired) electrons. The summed E-state index contributed by atoms with van der Waals surface area (Å²) in [4.78, 5) is 10.2. The van der Waals surface area contributed by atoms with Crippen LogP contribution in [0.5, 0.6) is 0 Å². The van der Waals surface area contributed by atoms with Gasteiger partial charge in [-0.05, 0) is 33.8 Å². The Kier molecular flexibility index (Phi) is 5.38. The second kappa shape index (κ2) is 7.26. The molecule has 0 aliphatic heterocycles. The van der Waals surface area contributed by atoms with Crippen molar-refractivity contribution < 1.29 is 4.42 Å². The first-order valence-electron chi connectivity index (χ1n) is 7.08. The highest BCUT2D eigenvalue weighted by Gasteiger charge is 2.05. The van der Waals surface area contributed by atoms with Gasteiger partial charge in [-0.3, -0.25) is 0 Å². The third kappa shape index (κ3) is 4.60. The molecular formula is C15H22N4OS. The van der Waals surface area contributed by atoms with Gasteiger partial charge in [0.2, 0.25) is 0 Å². The highest BCUT2D eigenvalue weighted by Crippen LogP contribution is 2.14. The fourth-order valence-electron chi connectivity index (χ4n) is 1.99. The van der Waals surface area contributed by atoms with Gasteiger partial charge in [-0.25, -0.2) is 9.98 Å². The summed E-state index contributed by atoms with van der Waals surface area (Å²) in [5, 5.41) is 7.61. The minimum absolute atomic E-state index is 0.607. The van der Waals surface area contributed by atoms with Crippen molar-refractivity contribution in [1.29, 1.82) is 0 Å². The predicted molar refractivity (Wildman–Crippen MR) is 86.7 cm³/mol. The molecule has 2 aromatic rings. The zero-order chi connectivity index (χ0) is 15.2. The molecule has 0 saturated heterocycles. The average molecular weight is 306 g/mol. The van der Waals surface area contributed by atoms with Gasteiger partial charge >= 0.3 is 0 Å². The Bertz CT molecular complexity index is 615. The number of hydrogen-bond acceptors (Lipinski definition) is 4. The van der Waals surface area contributed by atoms with Crippen molar-refractivity contribution in [2.45, 2.75) is 40.8 Å². The molecule has 2 aromatic heterocycles. The standard InChI is InChI=1S/C15H22N4OS/c1-5-16-15(19-9-14-17-7-11(3)21-14)18-8-13-6-10(2)20-12(13)4/h6-7H,5,8-9H2,1-4H3,(H2,16,18,19). The Balaban J connectivity index is 1.97. The second-order valence-electron chi connectivity index (χ2n) is 4.85. The second-order valence-corrected chi connectivity index (χ2v) is 6.17. The summed E-state index contributed by atoms with van der Waals surface area (Å²) in [6.07, 6.45) is 1.89. The number of nitrogens with one attached hydrogen (secondary N) is 2. The summed E-state index contributed by atoms with van der Waals surface area (Å²) in [7, 11) is 0. The maximum Gasteiger partial charge on any atom is 0.191 e. The Hall–Kier alpha value is -1.82. The molecule has 0 amide bonds. The van der Waals surface area contributed by atoms with E-state index in [1.54, 1.807) is 11.3 Å². The van der Waals surface area contributed by atoms with E-state index in [1.165, 1.54) is 4.88 Å². The summed E-state index contributed by atoms with van der Waals surface area (Å²) >= 11 is 1.70. The average Bonchev–Trinajstić information content (AvgIpc) is 2.99. The summed E-state index contributed by atoms with van der Waals surface area (Å²) in [6.45, 7) is 10.2. The maximum atomic E-state index is 5.52. The van der Waals surface area contributed by atoms with Crippen LogP contribution in [-0.2, 0) is 13.1 Å². The Morgan fingerprint density at radius 2 is 2.14 bits per heavy atom. The minimum atomic E-state index is 0.607. The molecule has 0 bridgehead atoms. The summed E-state index contributed by atoms with van der Waals surface area (Å²) in [5.74, 6) is 2.65. The van der Waals surface area contributed by atoms with Crippen LogP contribution in [0.1, 0.15) is 33.9 Å². The van der Waals surface area contributed by atoms with Crippen molar-refractivity contribution >= 4 is 17.3 Å². The Morgan fingerprint density at radius 3 is 2.71 bits per heavy atom. The molecular weight excluding hydrogens is 284 g/mol. The lowest BCUT2D eigenvalue weighted by molar-refractivity contribution is 0.501. The van der Waals surface area contributed by atoms with E-state index in [0.29, 0.717) is 13.1 Å². The quantitative estimate of drug-likeness (QED) is 0.658. The monoisotopic (exact) mass is 306 g/mol. The molecule has 0 saturated carbocycles. The van der Waals surface area contributed by atoms with Gasteiger partial charge in [0, 0.05) is 23.2 Å². The van der Waals surface area contributed by atoms with Gasteiger partial charge in [-0.15, -0.1) is 11.3 Å². The summed E-state index contributed by atoms with van der Waals surface area (Å²) < 4.78 is 5.52. The molecule has 0 atom stereocenters. The molecule has 0 aliphatic rings. The SMILES string of the molecule is CCNC(=NCc1cc(C)oc1C)NCc1ncc(C)s1. The van der Waals surface area contributed by atoms with Crippen LogP contribution in [0.25, 0.3) is 0 Å². The number of furan rings is 1. The van der Waals surface area contributed by atoms with Crippen molar-refractivity contribution in [3.8, 4) is 0 Å². The molecule has 2 heterocycles. The van der Waals surface area contributed by atoms with Gasteiger partial charge in [-0.1, -0.05) is 0 Å². The predicted octanol–water partition coefficient (Wildman–Crippen LogP) is 2.92. The van der Waals surface area contributed by atoms with E-state index in [0.717, 1.165) is 34.6 Å². The van der Waals surface area contributed by atoms with E-state index in [4.69, 9.17) is 4.42 Å². The fourth-order valence-corrected chi connectivity index (χ4v) is 2.72. The van der Waals surface area contributed by atoms with Crippen LogP contribution < -0.4 is 10.6 Å². The largest absolute Gasteiger partial charge is 0.466 e. The molecule has 0 unspecified atom stereocenters. The first-order chi connectivity index (χ1) is 10.1. The highest BCUT2D eigenvalue weighted by atomic mass is 32.1. The number of thiazole rings is 1. The Morgan fingerprint density at radius 1 is 1.33 bits per heavy atom. The number of aliphatic imine (C=N–C) groups is 1. The van der Waals surface area contributed by atoms with Crippen LogP contribution in [0, 0.1) is 20.8 Å². The number of guanidine groups is 1. The molecule has 2 N–H and O–H groups in total. The lowest BCUT2D eigenvalue weighted by Crippen LogP contribution is -2.36. The first kappa shape index (κ1) is 15.6. The molecule has 0 aromatic carbocycles. The lowest BCUT2D eigenvalue weighted by Gasteiger charge is -2.09. The minimum Gasteiger partial charge on any atom is -0.466 e. The highest BCUT2D eigenvalue weighted by molar-refractivity contribution is 7.11. The van der Waals surface area contributed by atoms with Crippen LogP contribution in [0.2, 0.25) is 0 Å². The van der Waals surface area contributed by atoms with Crippen molar-refractivity contribution in [2.24, 2.45) is 4.99 Å². The molecule has 0 spiro atoms. The number of hydrogen-bond donors (Lipinski definition) is 2. The van der Waals surface area contributed by atoms with Crippen molar-refractivity contribution in [2.75, 3.05) is 6.54 Å². The van der Waals surface area contributed by atoms with Gasteiger partial charge in [-0.2, -0.15) is 0 Å². The van der Waals surface area contributed by atoms with E-state index >= 15 is 0 Å². The number of aromatic nitrogens is 1. The molecule has 0 aliphatic carbocycles. The van der Waals surface area contributed by atoms with Gasteiger partial charge in [0.1, 0.15) is 16.5 Å². The van der Waals surface area contributed by atoms with E-state index < -0.39 is 0 Å². The molecule has 6 heteroatoms. The van der Waals surface area contributed by atoms with Gasteiger partial charge in [0.25, 0.3) is 0 Å².